The summed E-state index contributed by atoms with van der Waals surface area (Å²) in [5.41, 5.74) is 8.39. The van der Waals surface area contributed by atoms with Crippen LogP contribution in [0.1, 0.15) is 17.2 Å². The summed E-state index contributed by atoms with van der Waals surface area (Å²) in [7, 11) is 2.09. The molecule has 0 spiro atoms. The van der Waals surface area contributed by atoms with Crippen LogP contribution in [0.15, 0.2) is 39.5 Å². The molecule has 2 rings (SSSR count). The Labute approximate surface area is 131 Å². The van der Waals surface area contributed by atoms with Crippen LogP contribution in [0.2, 0.25) is 5.02 Å². The maximum atomic E-state index is 6.16. The maximum Gasteiger partial charge on any atom is 0.0551 e. The van der Waals surface area contributed by atoms with Gasteiger partial charge < -0.3 is 5.73 Å². The molecule has 0 aliphatic carbocycles. The predicted octanol–water partition coefficient (Wildman–Crippen LogP) is 4.30. The van der Waals surface area contributed by atoms with Crippen LogP contribution in [0.3, 0.4) is 0 Å². The van der Waals surface area contributed by atoms with E-state index in [2.05, 4.69) is 50.8 Å². The van der Waals surface area contributed by atoms with Gasteiger partial charge in [-0.25, -0.2) is 0 Å². The summed E-state index contributed by atoms with van der Waals surface area (Å²) in [4.78, 5) is 2.25. The smallest absolute Gasteiger partial charge is 0.0551 e. The number of hydrogen-bond acceptors (Lipinski definition) is 3. The van der Waals surface area contributed by atoms with Gasteiger partial charge in [-0.2, -0.15) is 11.3 Å². The van der Waals surface area contributed by atoms with Crippen molar-refractivity contribution in [1.29, 1.82) is 0 Å². The quantitative estimate of drug-likeness (QED) is 0.862. The van der Waals surface area contributed by atoms with E-state index < -0.39 is 0 Å². The highest BCUT2D eigenvalue weighted by Gasteiger charge is 2.16. The Kier molecular flexibility index (Phi) is 5.42. The third-order valence-corrected chi connectivity index (χ3v) is 5.06. The van der Waals surface area contributed by atoms with Crippen LogP contribution < -0.4 is 5.73 Å². The highest BCUT2D eigenvalue weighted by molar-refractivity contribution is 9.10. The summed E-state index contributed by atoms with van der Waals surface area (Å²) >= 11 is 11.3. The van der Waals surface area contributed by atoms with Crippen LogP contribution in [0.4, 0.5) is 0 Å². The van der Waals surface area contributed by atoms with E-state index in [1.165, 1.54) is 5.56 Å². The van der Waals surface area contributed by atoms with Gasteiger partial charge in [-0.3, -0.25) is 4.90 Å². The molecule has 1 unspecified atom stereocenters. The molecule has 19 heavy (non-hydrogen) atoms. The van der Waals surface area contributed by atoms with Crippen molar-refractivity contribution in [2.45, 2.75) is 12.6 Å². The number of nitrogens with two attached hydrogens (primary N) is 1. The van der Waals surface area contributed by atoms with Gasteiger partial charge in [0, 0.05) is 23.6 Å². The largest absolute Gasteiger partial charge is 0.329 e. The Morgan fingerprint density at radius 1 is 1.42 bits per heavy atom. The van der Waals surface area contributed by atoms with Crippen molar-refractivity contribution in [2.24, 2.45) is 5.73 Å². The minimum absolute atomic E-state index is 0.172. The average molecular weight is 360 g/mol. The van der Waals surface area contributed by atoms with Gasteiger partial charge in [-0.1, -0.05) is 17.7 Å². The molecule has 2 N–H and O–H groups in total. The van der Waals surface area contributed by atoms with E-state index in [0.717, 1.165) is 21.6 Å². The Morgan fingerprint density at radius 3 is 2.79 bits per heavy atom. The minimum Gasteiger partial charge on any atom is -0.329 e. The normalized spacial score (nSPS) is 12.9. The highest BCUT2D eigenvalue weighted by Crippen LogP contribution is 2.28. The molecule has 0 bridgehead atoms. The second-order valence-electron chi connectivity index (χ2n) is 4.47. The highest BCUT2D eigenvalue weighted by atomic mass is 79.9. The Hall–Kier alpha value is -0.390. The topological polar surface area (TPSA) is 29.3 Å². The minimum atomic E-state index is 0.172. The van der Waals surface area contributed by atoms with Crippen molar-refractivity contribution in [3.63, 3.8) is 0 Å². The summed E-state index contributed by atoms with van der Waals surface area (Å²) in [6.45, 7) is 1.46. The van der Waals surface area contributed by atoms with Gasteiger partial charge >= 0.3 is 0 Å². The maximum absolute atomic E-state index is 6.16. The van der Waals surface area contributed by atoms with E-state index in [-0.39, 0.29) is 6.04 Å². The first kappa shape index (κ1) is 15.0. The molecule has 1 atom stereocenters. The fourth-order valence-electron chi connectivity index (χ4n) is 2.07. The summed E-state index contributed by atoms with van der Waals surface area (Å²) in [6, 6.07) is 8.33. The number of halogens is 2. The lowest BCUT2D eigenvalue weighted by atomic mass is 10.1. The van der Waals surface area contributed by atoms with Gasteiger partial charge in [0.2, 0.25) is 0 Å². The number of rotatable bonds is 5. The molecule has 0 amide bonds. The molecule has 0 saturated carbocycles. The number of thiophene rings is 1. The summed E-state index contributed by atoms with van der Waals surface area (Å²) in [5, 5.41) is 4.98. The first-order valence-corrected chi connectivity index (χ1v) is 8.09. The molecule has 102 valence electrons. The average Bonchev–Trinajstić information content (AvgIpc) is 2.87. The third kappa shape index (κ3) is 3.80. The number of hydrogen-bond donors (Lipinski definition) is 1. The fraction of sp³-hybridized carbons (Fsp3) is 0.286. The summed E-state index contributed by atoms with van der Waals surface area (Å²) in [5.74, 6) is 0. The Balaban J connectivity index is 2.16. The van der Waals surface area contributed by atoms with E-state index in [9.17, 15) is 0 Å². The lowest BCUT2D eigenvalue weighted by Gasteiger charge is -2.27. The van der Waals surface area contributed by atoms with Gasteiger partial charge in [0.25, 0.3) is 0 Å². The van der Waals surface area contributed by atoms with Gasteiger partial charge in [0.15, 0.2) is 0 Å². The fourth-order valence-corrected chi connectivity index (χ4v) is 3.17. The summed E-state index contributed by atoms with van der Waals surface area (Å²) in [6.07, 6.45) is 0. The molecule has 1 aromatic heterocycles. The van der Waals surface area contributed by atoms with Crippen LogP contribution in [-0.4, -0.2) is 18.5 Å². The Morgan fingerprint density at radius 2 is 2.21 bits per heavy atom. The van der Waals surface area contributed by atoms with Crippen molar-refractivity contribution in [3.8, 4) is 0 Å². The molecule has 1 heterocycles. The van der Waals surface area contributed by atoms with Gasteiger partial charge in [-0.15, -0.1) is 0 Å². The molecule has 0 radical (unpaired) electrons. The lowest BCUT2D eigenvalue weighted by Crippen LogP contribution is -2.30. The summed E-state index contributed by atoms with van der Waals surface area (Å²) < 4.78 is 0.911. The SMILES string of the molecule is CN(Cc1ccsc1)C(CN)c1ccc(Br)c(Cl)c1. The lowest BCUT2D eigenvalue weighted by molar-refractivity contribution is 0.242. The zero-order valence-electron chi connectivity index (χ0n) is 10.6. The molecule has 0 fully saturated rings. The first-order chi connectivity index (χ1) is 9.11. The van der Waals surface area contributed by atoms with Crippen molar-refractivity contribution in [2.75, 3.05) is 13.6 Å². The van der Waals surface area contributed by atoms with E-state index in [1.54, 1.807) is 11.3 Å². The standard InChI is InChI=1S/C14H16BrClN2S/c1-18(8-10-4-5-19-9-10)14(7-17)11-2-3-12(15)13(16)6-11/h2-6,9,14H,7-8,17H2,1H3. The molecule has 2 aromatic rings. The first-order valence-electron chi connectivity index (χ1n) is 5.98. The third-order valence-electron chi connectivity index (χ3n) is 3.10. The van der Waals surface area contributed by atoms with Crippen molar-refractivity contribution in [3.05, 3.63) is 55.6 Å². The molecule has 0 aliphatic heterocycles. The van der Waals surface area contributed by atoms with Crippen LogP contribution in [0.5, 0.6) is 0 Å². The van der Waals surface area contributed by atoms with E-state index in [1.807, 2.05) is 12.1 Å². The molecular weight excluding hydrogens is 344 g/mol. The predicted molar refractivity (Wildman–Crippen MR) is 86.7 cm³/mol. The Bertz CT molecular complexity index is 530. The molecule has 0 saturated heterocycles. The zero-order chi connectivity index (χ0) is 13.8. The van der Waals surface area contributed by atoms with Crippen LogP contribution in [0, 0.1) is 0 Å². The van der Waals surface area contributed by atoms with Gasteiger partial charge in [-0.05, 0) is 63.1 Å². The second-order valence-corrected chi connectivity index (χ2v) is 6.51. The van der Waals surface area contributed by atoms with Crippen molar-refractivity contribution in [1.82, 2.24) is 4.90 Å². The van der Waals surface area contributed by atoms with Gasteiger partial charge in [0.1, 0.15) is 0 Å². The van der Waals surface area contributed by atoms with Crippen LogP contribution in [-0.2, 0) is 6.54 Å². The molecule has 5 heteroatoms. The van der Waals surface area contributed by atoms with E-state index >= 15 is 0 Å². The van der Waals surface area contributed by atoms with Crippen LogP contribution >= 0.6 is 38.9 Å². The van der Waals surface area contributed by atoms with Crippen molar-refractivity contribution >= 4 is 38.9 Å². The van der Waals surface area contributed by atoms with Gasteiger partial charge in [0.05, 0.1) is 5.02 Å². The number of benzene rings is 1. The second kappa shape index (κ2) is 6.86. The molecule has 2 nitrogen and oxygen atoms in total. The number of nitrogens with zero attached hydrogens (tertiary/aromatic N) is 1. The zero-order valence-corrected chi connectivity index (χ0v) is 13.8. The van der Waals surface area contributed by atoms with Crippen LogP contribution in [0.25, 0.3) is 0 Å². The van der Waals surface area contributed by atoms with E-state index in [4.69, 9.17) is 17.3 Å². The van der Waals surface area contributed by atoms with Crippen molar-refractivity contribution < 1.29 is 0 Å². The van der Waals surface area contributed by atoms with E-state index in [0.29, 0.717) is 6.54 Å². The monoisotopic (exact) mass is 358 g/mol. The number of likely N-dealkylation sites (N-methyl/N-ethyl adjacent to an activating group) is 1. The molecule has 0 aliphatic rings. The molecular formula is C14H16BrClN2S. The molecule has 1 aromatic carbocycles.